The minimum Gasteiger partial charge on any atom is -0.419 e. The number of nitrogens with one attached hydrogen (secondary N) is 1. The Morgan fingerprint density at radius 2 is 2.21 bits per heavy atom. The molecule has 3 aliphatic heterocycles. The summed E-state index contributed by atoms with van der Waals surface area (Å²) in [6.45, 7) is 4.42. The average Bonchev–Trinajstić information content (AvgIpc) is 3.09. The standard InChI is InChI=1S/C17H20N4O2S/c1-11-8-13-6-7-21(11)9-15(13)19-16(22)12-2-4-14(5-3-12)24-17-20-18-10-23-17/h2-5,10-11,13,15H,6-9H2,1H3,(H,19,22). The van der Waals surface area contributed by atoms with Gasteiger partial charge in [0.1, 0.15) is 0 Å². The zero-order chi connectivity index (χ0) is 16.5. The molecule has 1 aromatic carbocycles. The number of amides is 1. The molecule has 4 unspecified atom stereocenters. The average molecular weight is 344 g/mol. The van der Waals surface area contributed by atoms with Crippen molar-refractivity contribution in [2.24, 2.45) is 5.92 Å². The van der Waals surface area contributed by atoms with Crippen LogP contribution in [0.25, 0.3) is 0 Å². The van der Waals surface area contributed by atoms with E-state index in [1.54, 1.807) is 0 Å². The predicted molar refractivity (Wildman–Crippen MR) is 89.9 cm³/mol. The van der Waals surface area contributed by atoms with Crippen LogP contribution in [0.5, 0.6) is 0 Å². The zero-order valence-electron chi connectivity index (χ0n) is 13.5. The van der Waals surface area contributed by atoms with Gasteiger partial charge in [-0.1, -0.05) is 0 Å². The van der Waals surface area contributed by atoms with Gasteiger partial charge >= 0.3 is 0 Å². The van der Waals surface area contributed by atoms with Gasteiger partial charge in [-0.15, -0.1) is 10.2 Å². The summed E-state index contributed by atoms with van der Waals surface area (Å²) in [4.78, 5) is 16.0. The van der Waals surface area contributed by atoms with Crippen LogP contribution in [0, 0.1) is 5.92 Å². The minimum atomic E-state index is 0.00995. The third-order valence-electron chi connectivity index (χ3n) is 5.03. The van der Waals surface area contributed by atoms with Crippen LogP contribution in [-0.2, 0) is 0 Å². The van der Waals surface area contributed by atoms with E-state index in [1.807, 2.05) is 24.3 Å². The van der Waals surface area contributed by atoms with Crippen molar-refractivity contribution in [3.05, 3.63) is 36.2 Å². The van der Waals surface area contributed by atoms with Crippen LogP contribution in [0.4, 0.5) is 0 Å². The van der Waals surface area contributed by atoms with E-state index in [0.29, 0.717) is 22.7 Å². The minimum absolute atomic E-state index is 0.00995. The Balaban J connectivity index is 1.38. The molecule has 0 radical (unpaired) electrons. The number of benzene rings is 1. The van der Waals surface area contributed by atoms with E-state index < -0.39 is 0 Å². The number of aromatic nitrogens is 2. The van der Waals surface area contributed by atoms with Crippen molar-refractivity contribution in [2.75, 3.05) is 13.1 Å². The first-order valence-electron chi connectivity index (χ1n) is 8.28. The van der Waals surface area contributed by atoms with Crippen LogP contribution in [0.15, 0.2) is 45.2 Å². The summed E-state index contributed by atoms with van der Waals surface area (Å²) < 4.78 is 5.11. The molecule has 5 rings (SSSR count). The molecule has 2 aromatic rings. The Morgan fingerprint density at radius 3 is 2.83 bits per heavy atom. The van der Waals surface area contributed by atoms with E-state index >= 15 is 0 Å². The van der Waals surface area contributed by atoms with Crippen molar-refractivity contribution in [3.63, 3.8) is 0 Å². The number of hydrogen-bond donors (Lipinski definition) is 1. The molecule has 7 heteroatoms. The molecule has 0 spiro atoms. The topological polar surface area (TPSA) is 71.3 Å². The molecule has 3 aliphatic rings. The molecule has 3 fully saturated rings. The number of hydrogen-bond acceptors (Lipinski definition) is 6. The summed E-state index contributed by atoms with van der Waals surface area (Å²) in [5, 5.41) is 11.2. The fourth-order valence-electron chi connectivity index (χ4n) is 3.69. The maximum atomic E-state index is 12.5. The Labute approximate surface area is 145 Å². The second kappa shape index (κ2) is 6.57. The van der Waals surface area contributed by atoms with Gasteiger partial charge in [-0.2, -0.15) is 0 Å². The van der Waals surface area contributed by atoms with E-state index in [4.69, 9.17) is 4.42 Å². The van der Waals surface area contributed by atoms with Crippen LogP contribution in [-0.4, -0.2) is 46.2 Å². The van der Waals surface area contributed by atoms with Crippen LogP contribution in [0.2, 0.25) is 0 Å². The highest BCUT2D eigenvalue weighted by atomic mass is 32.2. The van der Waals surface area contributed by atoms with E-state index in [2.05, 4.69) is 27.3 Å². The van der Waals surface area contributed by atoms with Crippen molar-refractivity contribution >= 4 is 17.7 Å². The van der Waals surface area contributed by atoms with Crippen LogP contribution >= 0.6 is 11.8 Å². The summed E-state index contributed by atoms with van der Waals surface area (Å²) in [6.07, 6.45) is 3.68. The van der Waals surface area contributed by atoms with E-state index in [9.17, 15) is 4.79 Å². The number of piperidine rings is 3. The highest BCUT2D eigenvalue weighted by Crippen LogP contribution is 2.32. The quantitative estimate of drug-likeness (QED) is 0.918. The smallest absolute Gasteiger partial charge is 0.281 e. The normalized spacial score (nSPS) is 28.7. The lowest BCUT2D eigenvalue weighted by atomic mass is 9.80. The van der Waals surface area contributed by atoms with Crippen molar-refractivity contribution in [3.8, 4) is 0 Å². The maximum absolute atomic E-state index is 12.5. The summed E-state index contributed by atoms with van der Waals surface area (Å²) in [5.74, 6) is 0.622. The third-order valence-corrected chi connectivity index (χ3v) is 5.89. The highest BCUT2D eigenvalue weighted by Gasteiger charge is 2.38. The summed E-state index contributed by atoms with van der Waals surface area (Å²) in [7, 11) is 0. The monoisotopic (exact) mass is 344 g/mol. The van der Waals surface area contributed by atoms with E-state index in [-0.39, 0.29) is 11.9 Å². The molecule has 4 heterocycles. The number of nitrogens with zero attached hydrogens (tertiary/aromatic N) is 3. The van der Waals surface area contributed by atoms with Gasteiger partial charge in [-0.25, -0.2) is 0 Å². The lowest BCUT2D eigenvalue weighted by Crippen LogP contribution is -2.60. The van der Waals surface area contributed by atoms with E-state index in [1.165, 1.54) is 37.5 Å². The molecular weight excluding hydrogens is 324 g/mol. The molecule has 2 bridgehead atoms. The molecule has 0 aliphatic carbocycles. The Bertz CT molecular complexity index is 704. The first-order chi connectivity index (χ1) is 11.7. The van der Waals surface area contributed by atoms with Gasteiger partial charge in [0.2, 0.25) is 6.39 Å². The first-order valence-corrected chi connectivity index (χ1v) is 9.09. The van der Waals surface area contributed by atoms with Gasteiger partial charge in [0, 0.05) is 29.1 Å². The number of rotatable bonds is 4. The van der Waals surface area contributed by atoms with E-state index in [0.717, 1.165) is 11.4 Å². The van der Waals surface area contributed by atoms with Crippen LogP contribution < -0.4 is 5.32 Å². The molecule has 1 aromatic heterocycles. The van der Waals surface area contributed by atoms with Gasteiger partial charge in [-0.3, -0.25) is 9.69 Å². The fraction of sp³-hybridized carbons (Fsp3) is 0.471. The zero-order valence-corrected chi connectivity index (χ0v) is 14.3. The molecule has 24 heavy (non-hydrogen) atoms. The number of fused-ring (bicyclic) bond motifs is 3. The molecular formula is C17H20N4O2S. The third kappa shape index (κ3) is 3.18. The van der Waals surface area contributed by atoms with Crippen molar-refractivity contribution in [2.45, 2.75) is 42.0 Å². The number of carbonyl (C=O) groups excluding carboxylic acids is 1. The first kappa shape index (κ1) is 15.7. The summed E-state index contributed by atoms with van der Waals surface area (Å²) in [6, 6.07) is 8.42. The highest BCUT2D eigenvalue weighted by molar-refractivity contribution is 7.99. The Kier molecular flexibility index (Phi) is 4.28. The second-order valence-electron chi connectivity index (χ2n) is 6.54. The second-order valence-corrected chi connectivity index (χ2v) is 7.56. The van der Waals surface area contributed by atoms with Gasteiger partial charge in [0.05, 0.1) is 0 Å². The lowest BCUT2D eigenvalue weighted by molar-refractivity contribution is 0.0274. The molecule has 0 saturated carbocycles. The van der Waals surface area contributed by atoms with Gasteiger partial charge in [0.15, 0.2) is 0 Å². The molecule has 1 N–H and O–H groups in total. The largest absolute Gasteiger partial charge is 0.419 e. The molecule has 4 atom stereocenters. The van der Waals surface area contributed by atoms with Gasteiger partial charge in [0.25, 0.3) is 11.1 Å². The van der Waals surface area contributed by atoms with Gasteiger partial charge < -0.3 is 9.73 Å². The molecule has 126 valence electrons. The molecule has 1 amide bonds. The van der Waals surface area contributed by atoms with Crippen LogP contribution in [0.3, 0.4) is 0 Å². The maximum Gasteiger partial charge on any atom is 0.281 e. The molecule has 3 saturated heterocycles. The predicted octanol–water partition coefficient (Wildman–Crippen LogP) is 2.43. The lowest BCUT2D eigenvalue weighted by Gasteiger charge is -2.48. The Hall–Kier alpha value is -1.86. The van der Waals surface area contributed by atoms with Crippen LogP contribution in [0.1, 0.15) is 30.1 Å². The SMILES string of the molecule is CC1CC2CCN1CC2NC(=O)c1ccc(Sc2nnco2)cc1. The fourth-order valence-corrected chi connectivity index (χ4v) is 4.35. The number of carbonyl (C=O) groups is 1. The summed E-state index contributed by atoms with van der Waals surface area (Å²) in [5.41, 5.74) is 0.689. The van der Waals surface area contributed by atoms with Crippen molar-refractivity contribution < 1.29 is 9.21 Å². The van der Waals surface area contributed by atoms with Crippen molar-refractivity contribution in [1.29, 1.82) is 0 Å². The van der Waals surface area contributed by atoms with Gasteiger partial charge in [-0.05, 0) is 68.3 Å². The van der Waals surface area contributed by atoms with Crippen molar-refractivity contribution in [1.82, 2.24) is 20.4 Å². The Morgan fingerprint density at radius 1 is 1.38 bits per heavy atom. The summed E-state index contributed by atoms with van der Waals surface area (Å²) >= 11 is 1.38. The molecule has 6 nitrogen and oxygen atoms in total.